The number of hydrogen-bond acceptors (Lipinski definition) is 7. The van der Waals surface area contributed by atoms with E-state index in [-0.39, 0.29) is 37.8 Å². The van der Waals surface area contributed by atoms with Crippen LogP contribution in [0.4, 0.5) is 0 Å². The normalized spacial score (nSPS) is 23.0. The van der Waals surface area contributed by atoms with Crippen molar-refractivity contribution in [3.8, 4) is 6.07 Å². The number of benzene rings is 1. The quantitative estimate of drug-likeness (QED) is 0.535. The van der Waals surface area contributed by atoms with Crippen molar-refractivity contribution >= 4 is 21.8 Å². The average molecular weight is 527 g/mol. The van der Waals surface area contributed by atoms with Crippen molar-refractivity contribution in [1.82, 2.24) is 24.3 Å². The van der Waals surface area contributed by atoms with Gasteiger partial charge in [-0.3, -0.25) is 14.3 Å². The van der Waals surface area contributed by atoms with Crippen LogP contribution < -0.4 is 5.32 Å². The Bertz CT molecular complexity index is 1400. The van der Waals surface area contributed by atoms with E-state index in [1.165, 1.54) is 8.99 Å². The van der Waals surface area contributed by atoms with E-state index in [0.717, 1.165) is 5.56 Å². The first kappa shape index (κ1) is 25.4. The van der Waals surface area contributed by atoms with Crippen molar-refractivity contribution in [2.45, 2.75) is 49.5 Å². The summed E-state index contributed by atoms with van der Waals surface area (Å²) < 4.78 is 28.5. The number of nitrogens with one attached hydrogen (secondary N) is 1. The minimum atomic E-state index is -3.68. The van der Waals surface area contributed by atoms with E-state index in [1.54, 1.807) is 43.1 Å². The Morgan fingerprint density at radius 1 is 1.22 bits per heavy atom. The highest BCUT2D eigenvalue weighted by atomic mass is 32.2. The van der Waals surface area contributed by atoms with Gasteiger partial charge < -0.3 is 15.3 Å². The van der Waals surface area contributed by atoms with Crippen LogP contribution in [0.1, 0.15) is 63.9 Å². The predicted molar refractivity (Wildman–Crippen MR) is 133 cm³/mol. The SMILES string of the molecule is Cn1nc(C(=O)NCc2ccc(C#N)cc2)c2c1C(=O)N(CC1(S(=O)(=O)N3CCC(C)(O)C3)CC1)CC2. The molecule has 2 aromatic rings. The summed E-state index contributed by atoms with van der Waals surface area (Å²) in [6.07, 6.45) is 1.72. The summed E-state index contributed by atoms with van der Waals surface area (Å²) in [6.45, 7) is 2.60. The molecule has 196 valence electrons. The van der Waals surface area contributed by atoms with Crippen molar-refractivity contribution < 1.29 is 23.1 Å². The first-order chi connectivity index (χ1) is 17.5. The van der Waals surface area contributed by atoms with Gasteiger partial charge in [0.05, 0.1) is 17.2 Å². The minimum absolute atomic E-state index is 0.0673. The zero-order valence-corrected chi connectivity index (χ0v) is 21.7. The molecule has 0 radical (unpaired) electrons. The van der Waals surface area contributed by atoms with Gasteiger partial charge in [-0.1, -0.05) is 12.1 Å². The van der Waals surface area contributed by atoms with Gasteiger partial charge in [0.1, 0.15) is 10.4 Å². The maximum absolute atomic E-state index is 13.4. The van der Waals surface area contributed by atoms with Crippen molar-refractivity contribution in [2.75, 3.05) is 26.2 Å². The lowest BCUT2D eigenvalue weighted by Gasteiger charge is -2.32. The zero-order chi connectivity index (χ0) is 26.6. The van der Waals surface area contributed by atoms with Crippen LogP contribution in [0.3, 0.4) is 0 Å². The van der Waals surface area contributed by atoms with Crippen LogP contribution in [-0.4, -0.2) is 80.9 Å². The van der Waals surface area contributed by atoms with Crippen LogP contribution in [0.2, 0.25) is 0 Å². The van der Waals surface area contributed by atoms with Gasteiger partial charge in [0.15, 0.2) is 5.69 Å². The molecular formula is C25H30N6O5S. The zero-order valence-electron chi connectivity index (χ0n) is 20.9. The monoisotopic (exact) mass is 526 g/mol. The number of aliphatic hydroxyl groups is 1. The Hall–Kier alpha value is -3.27. The molecule has 2 N–H and O–H groups in total. The van der Waals surface area contributed by atoms with Gasteiger partial charge in [-0.05, 0) is 50.3 Å². The standard InChI is InChI=1S/C25H30N6O5S/c1-24(34)10-12-31(15-24)37(35,36)25(8-9-25)16-30-11-7-19-20(28-29(2)21(19)23(30)33)22(32)27-14-18-5-3-17(13-26)4-6-18/h3-6,34H,7-12,14-16H2,1-2H3,(H,27,32). The van der Waals surface area contributed by atoms with E-state index in [0.29, 0.717) is 49.0 Å². The van der Waals surface area contributed by atoms with Gasteiger partial charge >= 0.3 is 0 Å². The second-order valence-electron chi connectivity index (χ2n) is 10.5. The molecule has 5 rings (SSSR count). The van der Waals surface area contributed by atoms with Gasteiger partial charge in [0.2, 0.25) is 10.0 Å². The minimum Gasteiger partial charge on any atom is -0.389 e. The predicted octanol–water partition coefficient (Wildman–Crippen LogP) is 0.539. The van der Waals surface area contributed by atoms with E-state index < -0.39 is 26.3 Å². The number of rotatable bonds is 7. The summed E-state index contributed by atoms with van der Waals surface area (Å²) in [5, 5.41) is 26.3. The molecule has 37 heavy (non-hydrogen) atoms. The molecule has 2 aliphatic heterocycles. The highest BCUT2D eigenvalue weighted by Crippen LogP contribution is 2.47. The number of nitriles is 1. The molecule has 1 aliphatic carbocycles. The van der Waals surface area contributed by atoms with Gasteiger partial charge in [0.25, 0.3) is 11.8 Å². The van der Waals surface area contributed by atoms with Gasteiger partial charge in [-0.25, -0.2) is 8.42 Å². The molecule has 1 saturated carbocycles. The smallest absolute Gasteiger partial charge is 0.272 e. The molecule has 2 amide bonds. The van der Waals surface area contributed by atoms with E-state index in [9.17, 15) is 23.1 Å². The van der Waals surface area contributed by atoms with Crippen LogP contribution in [0.15, 0.2) is 24.3 Å². The number of nitrogens with zero attached hydrogens (tertiary/aromatic N) is 5. The number of carbonyl (C=O) groups excluding carboxylic acids is 2. The van der Waals surface area contributed by atoms with Crippen molar-refractivity contribution in [1.29, 1.82) is 5.26 Å². The maximum atomic E-state index is 13.4. The molecule has 2 fully saturated rings. The number of aromatic nitrogens is 2. The Balaban J connectivity index is 1.29. The number of β-amino-alcohol motifs (C(OH)–C–C–N with tert-alkyl or cyclic N) is 1. The van der Waals surface area contributed by atoms with Crippen molar-refractivity contribution in [3.05, 3.63) is 52.3 Å². The first-order valence-electron chi connectivity index (χ1n) is 12.3. The molecule has 1 aromatic carbocycles. The third kappa shape index (κ3) is 4.52. The van der Waals surface area contributed by atoms with E-state index >= 15 is 0 Å². The summed E-state index contributed by atoms with van der Waals surface area (Å²) in [4.78, 5) is 27.9. The molecule has 3 heterocycles. The van der Waals surface area contributed by atoms with E-state index in [2.05, 4.69) is 16.5 Å². The number of amides is 2. The van der Waals surface area contributed by atoms with Gasteiger partial charge in [-0.2, -0.15) is 14.7 Å². The fourth-order valence-electron chi connectivity index (χ4n) is 5.23. The molecular weight excluding hydrogens is 496 g/mol. The third-order valence-electron chi connectivity index (χ3n) is 7.61. The maximum Gasteiger partial charge on any atom is 0.272 e. The van der Waals surface area contributed by atoms with E-state index in [4.69, 9.17) is 5.26 Å². The highest BCUT2D eigenvalue weighted by molar-refractivity contribution is 7.90. The topological polar surface area (TPSA) is 149 Å². The Labute approximate surface area is 215 Å². The average Bonchev–Trinajstić information content (AvgIpc) is 3.45. The summed E-state index contributed by atoms with van der Waals surface area (Å²) in [5.74, 6) is -0.734. The van der Waals surface area contributed by atoms with Crippen LogP contribution in [-0.2, 0) is 30.0 Å². The van der Waals surface area contributed by atoms with Gasteiger partial charge in [-0.15, -0.1) is 0 Å². The molecule has 1 unspecified atom stereocenters. The Morgan fingerprint density at radius 2 is 1.92 bits per heavy atom. The second-order valence-corrected chi connectivity index (χ2v) is 12.9. The number of aryl methyl sites for hydroxylation is 1. The summed E-state index contributed by atoms with van der Waals surface area (Å²) in [5.41, 5.74) is 1.37. The Morgan fingerprint density at radius 3 is 2.51 bits per heavy atom. The lowest BCUT2D eigenvalue weighted by Crippen LogP contribution is -2.50. The second kappa shape index (κ2) is 8.93. The molecule has 3 aliphatic rings. The molecule has 1 atom stereocenters. The molecule has 1 aromatic heterocycles. The molecule has 0 bridgehead atoms. The number of carbonyl (C=O) groups is 2. The number of sulfonamides is 1. The lowest BCUT2D eigenvalue weighted by atomic mass is 10.0. The summed E-state index contributed by atoms with van der Waals surface area (Å²) >= 11 is 0. The number of hydrogen-bond donors (Lipinski definition) is 2. The third-order valence-corrected chi connectivity index (χ3v) is 10.2. The largest absolute Gasteiger partial charge is 0.389 e. The molecule has 11 nitrogen and oxygen atoms in total. The van der Waals surface area contributed by atoms with Crippen molar-refractivity contribution in [3.63, 3.8) is 0 Å². The molecule has 0 spiro atoms. The fraction of sp³-hybridized carbons (Fsp3) is 0.520. The lowest BCUT2D eigenvalue weighted by molar-refractivity contribution is 0.0715. The molecule has 12 heteroatoms. The van der Waals surface area contributed by atoms with Crippen LogP contribution in [0.5, 0.6) is 0 Å². The Kier molecular flexibility index (Phi) is 6.13. The van der Waals surface area contributed by atoms with Gasteiger partial charge in [0, 0.05) is 45.3 Å². The van der Waals surface area contributed by atoms with Crippen LogP contribution in [0.25, 0.3) is 0 Å². The van der Waals surface area contributed by atoms with Crippen molar-refractivity contribution in [2.24, 2.45) is 7.05 Å². The fourth-order valence-corrected chi connectivity index (χ4v) is 7.50. The first-order valence-corrected chi connectivity index (χ1v) is 13.7. The van der Waals surface area contributed by atoms with Crippen LogP contribution >= 0.6 is 0 Å². The summed E-state index contributed by atoms with van der Waals surface area (Å²) in [6, 6.07) is 8.93. The highest BCUT2D eigenvalue weighted by Gasteiger charge is 2.59. The van der Waals surface area contributed by atoms with E-state index in [1.807, 2.05) is 0 Å². The summed E-state index contributed by atoms with van der Waals surface area (Å²) in [7, 11) is -2.08. The number of fused-ring (bicyclic) bond motifs is 1. The molecule has 1 saturated heterocycles. The van der Waals surface area contributed by atoms with Crippen LogP contribution in [0, 0.1) is 11.3 Å².